The van der Waals surface area contributed by atoms with Crippen molar-refractivity contribution in [2.45, 2.75) is 18.6 Å². The van der Waals surface area contributed by atoms with E-state index in [2.05, 4.69) is 63.7 Å². The first-order chi connectivity index (χ1) is 11.8. The summed E-state index contributed by atoms with van der Waals surface area (Å²) in [7, 11) is 0. The minimum Gasteiger partial charge on any atom is -0.484 e. The second kappa shape index (κ2) is 8.53. The Morgan fingerprint density at radius 1 is 0.680 bits per heavy atom. The van der Waals surface area contributed by atoms with Gasteiger partial charge in [-0.3, -0.25) is 0 Å². The predicted molar refractivity (Wildman–Crippen MR) is 116 cm³/mol. The van der Waals surface area contributed by atoms with Crippen molar-refractivity contribution in [1.29, 1.82) is 0 Å². The summed E-state index contributed by atoms with van der Waals surface area (Å²) in [5, 5.41) is 1.26. The lowest BCUT2D eigenvalue weighted by molar-refractivity contribution is 0.177. The van der Waals surface area contributed by atoms with Crippen molar-refractivity contribution in [3.05, 3.63) is 64.4 Å². The van der Waals surface area contributed by atoms with Crippen LogP contribution in [0.3, 0.4) is 0 Å². The molecule has 0 saturated heterocycles. The summed E-state index contributed by atoms with van der Waals surface area (Å²) in [6.45, 7) is 0. The molecular formula is C17H10Br4Cl2O2. The van der Waals surface area contributed by atoms with Crippen LogP contribution in [0.2, 0.25) is 10.0 Å². The first-order valence-corrected chi connectivity index (χ1v) is 11.1. The molecule has 0 amide bonds. The van der Waals surface area contributed by atoms with Crippen LogP contribution >= 0.6 is 86.9 Å². The largest absolute Gasteiger partial charge is 0.484 e. The van der Waals surface area contributed by atoms with E-state index in [1.807, 2.05) is 12.2 Å². The molecule has 0 fully saturated rings. The maximum atomic E-state index is 6.08. The topological polar surface area (TPSA) is 18.5 Å². The van der Waals surface area contributed by atoms with Crippen molar-refractivity contribution < 1.29 is 9.47 Å². The summed E-state index contributed by atoms with van der Waals surface area (Å²) < 4.78 is 15.3. The lowest BCUT2D eigenvalue weighted by Crippen LogP contribution is -2.19. The van der Waals surface area contributed by atoms with Gasteiger partial charge in [0.2, 0.25) is 0 Å². The Bertz CT molecular complexity index is 728. The fourth-order valence-electron chi connectivity index (χ4n) is 2.39. The van der Waals surface area contributed by atoms with Gasteiger partial charge in [0.15, 0.2) is 0 Å². The molecule has 1 aliphatic carbocycles. The summed E-state index contributed by atoms with van der Waals surface area (Å²) in [5.41, 5.74) is 0. The quantitative estimate of drug-likeness (QED) is 0.315. The van der Waals surface area contributed by atoms with E-state index in [1.165, 1.54) is 0 Å². The number of ether oxygens (including phenoxy) is 2. The lowest BCUT2D eigenvalue weighted by atomic mass is 10.2. The average Bonchev–Trinajstić information content (AvgIpc) is 2.94. The second-order valence-corrected chi connectivity index (χ2v) is 9.62. The third-order valence-corrected chi connectivity index (χ3v) is 6.26. The Kier molecular flexibility index (Phi) is 6.83. The summed E-state index contributed by atoms with van der Waals surface area (Å²) in [4.78, 5) is 0. The molecule has 2 nitrogen and oxygen atoms in total. The Morgan fingerprint density at radius 3 is 1.32 bits per heavy atom. The smallest absolute Gasteiger partial charge is 0.148 e. The number of halogens is 6. The van der Waals surface area contributed by atoms with Gasteiger partial charge in [-0.2, -0.15) is 0 Å². The van der Waals surface area contributed by atoms with Crippen LogP contribution in [0.1, 0.15) is 6.42 Å². The van der Waals surface area contributed by atoms with Gasteiger partial charge in [0.05, 0.1) is 17.9 Å². The molecule has 0 heterocycles. The Morgan fingerprint density at radius 2 is 1.00 bits per heavy atom. The zero-order valence-electron chi connectivity index (χ0n) is 12.4. The van der Waals surface area contributed by atoms with E-state index in [0.717, 1.165) is 17.9 Å². The van der Waals surface area contributed by atoms with Crippen LogP contribution in [0.15, 0.2) is 54.3 Å². The van der Waals surface area contributed by atoms with Crippen LogP contribution in [0.4, 0.5) is 0 Å². The van der Waals surface area contributed by atoms with Crippen molar-refractivity contribution in [1.82, 2.24) is 0 Å². The van der Waals surface area contributed by atoms with Gasteiger partial charge in [0.1, 0.15) is 23.7 Å². The third kappa shape index (κ3) is 4.96. The number of rotatable bonds is 4. The minimum atomic E-state index is -0.0939. The van der Waals surface area contributed by atoms with Crippen LogP contribution in [0, 0.1) is 0 Å². The van der Waals surface area contributed by atoms with Crippen LogP contribution in [0.5, 0.6) is 11.5 Å². The minimum absolute atomic E-state index is 0.0939. The summed E-state index contributed by atoms with van der Waals surface area (Å²) in [6.07, 6.45) is 4.50. The van der Waals surface area contributed by atoms with E-state index >= 15 is 0 Å². The highest BCUT2D eigenvalue weighted by Gasteiger charge is 2.25. The normalized spacial score (nSPS) is 19.3. The molecule has 25 heavy (non-hydrogen) atoms. The SMILES string of the molecule is Clc1cc(Br)c(O[C@@H]2C=C[C@H](Oc3c(Br)cc(Cl)cc3Br)C2)c(Br)c1. The van der Waals surface area contributed by atoms with Crippen LogP contribution in [-0.4, -0.2) is 12.2 Å². The van der Waals surface area contributed by atoms with E-state index in [1.54, 1.807) is 24.3 Å². The predicted octanol–water partition coefficient (Wildman–Crippen LogP) is 8.20. The van der Waals surface area contributed by atoms with E-state index in [-0.39, 0.29) is 12.2 Å². The molecule has 8 heteroatoms. The second-order valence-electron chi connectivity index (χ2n) is 5.33. The number of benzene rings is 2. The molecule has 1 aliphatic rings. The summed E-state index contributed by atoms with van der Waals surface area (Å²) >= 11 is 26.0. The maximum absolute atomic E-state index is 6.08. The standard InChI is InChI=1S/C17H10Br4Cl2O2/c18-12-3-8(22)4-13(19)16(12)24-10-1-2-11(7-10)25-17-14(20)5-9(23)6-15(17)21/h1-6,10-11H,7H2/t10-,11+. The molecule has 0 spiro atoms. The monoisotopic (exact) mass is 632 g/mol. The van der Waals surface area contributed by atoms with E-state index in [9.17, 15) is 0 Å². The van der Waals surface area contributed by atoms with Crippen molar-refractivity contribution in [2.75, 3.05) is 0 Å². The molecule has 2 aromatic rings. The van der Waals surface area contributed by atoms with E-state index in [0.29, 0.717) is 28.0 Å². The van der Waals surface area contributed by atoms with Crippen LogP contribution in [-0.2, 0) is 0 Å². The maximum Gasteiger partial charge on any atom is 0.148 e. The summed E-state index contributed by atoms with van der Waals surface area (Å²) in [5.74, 6) is 1.43. The van der Waals surface area contributed by atoms with Crippen molar-refractivity contribution in [3.8, 4) is 11.5 Å². The van der Waals surface area contributed by atoms with Crippen LogP contribution < -0.4 is 9.47 Å². The first kappa shape index (κ1) is 20.0. The highest BCUT2D eigenvalue weighted by molar-refractivity contribution is 9.11. The van der Waals surface area contributed by atoms with Crippen molar-refractivity contribution in [3.63, 3.8) is 0 Å². The highest BCUT2D eigenvalue weighted by atomic mass is 79.9. The van der Waals surface area contributed by atoms with E-state index < -0.39 is 0 Å². The molecule has 0 unspecified atom stereocenters. The van der Waals surface area contributed by atoms with Gasteiger partial charge in [-0.05, 0) is 100 Å². The molecule has 0 bridgehead atoms. The molecule has 0 aliphatic heterocycles. The van der Waals surface area contributed by atoms with E-state index in [4.69, 9.17) is 32.7 Å². The molecule has 0 saturated carbocycles. The molecule has 2 atom stereocenters. The number of hydrogen-bond acceptors (Lipinski definition) is 2. The van der Waals surface area contributed by atoms with Gasteiger partial charge in [0.25, 0.3) is 0 Å². The zero-order chi connectivity index (χ0) is 18.1. The van der Waals surface area contributed by atoms with Gasteiger partial charge in [-0.15, -0.1) is 0 Å². The van der Waals surface area contributed by atoms with Gasteiger partial charge >= 0.3 is 0 Å². The lowest BCUT2D eigenvalue weighted by Gasteiger charge is -2.19. The van der Waals surface area contributed by atoms with Gasteiger partial charge < -0.3 is 9.47 Å². The zero-order valence-corrected chi connectivity index (χ0v) is 20.3. The Hall–Kier alpha value is 0.280. The summed E-state index contributed by atoms with van der Waals surface area (Å²) in [6, 6.07) is 7.21. The first-order valence-electron chi connectivity index (χ1n) is 7.14. The van der Waals surface area contributed by atoms with Gasteiger partial charge in [-0.1, -0.05) is 23.2 Å². The molecule has 132 valence electrons. The fourth-order valence-corrected chi connectivity index (χ4v) is 6.10. The van der Waals surface area contributed by atoms with Crippen molar-refractivity contribution >= 4 is 86.9 Å². The highest BCUT2D eigenvalue weighted by Crippen LogP contribution is 2.40. The van der Waals surface area contributed by atoms with Crippen LogP contribution in [0.25, 0.3) is 0 Å². The average molecular weight is 637 g/mol. The number of hydrogen-bond donors (Lipinski definition) is 0. The van der Waals surface area contributed by atoms with Gasteiger partial charge in [0, 0.05) is 16.5 Å². The Balaban J connectivity index is 1.69. The third-order valence-electron chi connectivity index (χ3n) is 3.47. The van der Waals surface area contributed by atoms with Gasteiger partial charge in [-0.25, -0.2) is 0 Å². The fraction of sp³-hybridized carbons (Fsp3) is 0.176. The Labute approximate surface area is 189 Å². The molecular weight excluding hydrogens is 627 g/mol. The van der Waals surface area contributed by atoms with Crippen molar-refractivity contribution in [2.24, 2.45) is 0 Å². The molecule has 0 aromatic heterocycles. The molecule has 3 rings (SSSR count). The molecule has 0 N–H and O–H groups in total. The molecule has 2 aromatic carbocycles. The molecule has 0 radical (unpaired) electrons.